The minimum absolute atomic E-state index is 0.146. The van der Waals surface area contributed by atoms with Crippen LogP contribution in [0.15, 0.2) is 48.0 Å². The summed E-state index contributed by atoms with van der Waals surface area (Å²) in [5, 5.41) is 8.40. The lowest BCUT2D eigenvalue weighted by molar-refractivity contribution is 0.137. The Balaban J connectivity index is 1.17. The second kappa shape index (κ2) is 10.3. The molecule has 0 aliphatic carbocycles. The molecule has 9 heteroatoms. The van der Waals surface area contributed by atoms with Crippen molar-refractivity contribution in [2.24, 2.45) is 5.92 Å². The van der Waals surface area contributed by atoms with E-state index in [1.165, 1.54) is 23.7 Å². The monoisotopic (exact) mass is 441 g/mol. The molecular formula is C22H24FN5O2S. The third-order valence-electron chi connectivity index (χ3n) is 5.44. The summed E-state index contributed by atoms with van der Waals surface area (Å²) >= 11 is 1.23. The van der Waals surface area contributed by atoms with Gasteiger partial charge in [0.05, 0.1) is 0 Å². The van der Waals surface area contributed by atoms with Gasteiger partial charge in [0, 0.05) is 36.8 Å². The van der Waals surface area contributed by atoms with Crippen LogP contribution in [0.1, 0.15) is 25.0 Å². The molecule has 1 aliphatic rings. The summed E-state index contributed by atoms with van der Waals surface area (Å²) in [6.07, 6.45) is 4.46. The molecule has 3 aromatic rings. The van der Waals surface area contributed by atoms with Crippen LogP contribution >= 0.6 is 11.5 Å². The summed E-state index contributed by atoms with van der Waals surface area (Å²) < 4.78 is 21.9. The Morgan fingerprint density at radius 3 is 2.61 bits per heavy atom. The quantitative estimate of drug-likeness (QED) is 0.590. The average Bonchev–Trinajstić information content (AvgIpc) is 3.33. The van der Waals surface area contributed by atoms with Gasteiger partial charge in [-0.3, -0.25) is 0 Å². The van der Waals surface area contributed by atoms with Crippen molar-refractivity contribution < 1.29 is 13.9 Å². The molecule has 0 bridgehead atoms. The number of benzene rings is 1. The molecule has 0 saturated carbocycles. The minimum Gasteiger partial charge on any atom is -0.443 e. The maximum Gasteiger partial charge on any atom is 0.407 e. The number of nitrogens with zero attached hydrogens (tertiary/aromatic N) is 4. The van der Waals surface area contributed by atoms with E-state index in [0.717, 1.165) is 49.3 Å². The molecule has 4 rings (SSSR count). The molecule has 162 valence electrons. The third-order valence-corrected chi connectivity index (χ3v) is 6.00. The van der Waals surface area contributed by atoms with Gasteiger partial charge in [0.2, 0.25) is 0 Å². The molecule has 0 spiro atoms. The Morgan fingerprint density at radius 1 is 1.16 bits per heavy atom. The van der Waals surface area contributed by atoms with Crippen LogP contribution in [0.3, 0.4) is 0 Å². The molecule has 1 N–H and O–H groups in total. The van der Waals surface area contributed by atoms with E-state index in [4.69, 9.17) is 4.74 Å². The number of carbonyl (C=O) groups excluding carboxylic acids is 1. The molecule has 2 aromatic heterocycles. The Labute approximate surface area is 184 Å². The van der Waals surface area contributed by atoms with Gasteiger partial charge >= 0.3 is 6.09 Å². The first kappa shape index (κ1) is 21.2. The van der Waals surface area contributed by atoms with Crippen LogP contribution in [0, 0.1) is 11.7 Å². The Bertz CT molecular complexity index is 959. The van der Waals surface area contributed by atoms with Crippen molar-refractivity contribution in [3.05, 3.63) is 59.5 Å². The molecule has 0 atom stereocenters. The topological polar surface area (TPSA) is 80.2 Å². The summed E-state index contributed by atoms with van der Waals surface area (Å²) in [6, 6.07) is 10.5. The highest BCUT2D eigenvalue weighted by atomic mass is 32.1. The number of nitrogens with one attached hydrogen (secondary N) is 1. The van der Waals surface area contributed by atoms with E-state index in [-0.39, 0.29) is 12.4 Å². The van der Waals surface area contributed by atoms with Crippen LogP contribution in [-0.4, -0.2) is 40.3 Å². The zero-order valence-electron chi connectivity index (χ0n) is 17.0. The average molecular weight is 442 g/mol. The van der Waals surface area contributed by atoms with E-state index < -0.39 is 6.09 Å². The fourth-order valence-corrected chi connectivity index (χ4v) is 4.09. The van der Waals surface area contributed by atoms with Crippen LogP contribution < -0.4 is 10.2 Å². The number of anilines is 1. The Morgan fingerprint density at radius 2 is 1.94 bits per heavy atom. The summed E-state index contributed by atoms with van der Waals surface area (Å²) in [4.78, 5) is 18.6. The highest BCUT2D eigenvalue weighted by molar-refractivity contribution is 7.03. The lowest BCUT2D eigenvalue weighted by Crippen LogP contribution is -2.35. The van der Waals surface area contributed by atoms with Gasteiger partial charge in [-0.05, 0) is 66.5 Å². The fourth-order valence-electron chi connectivity index (χ4n) is 3.65. The van der Waals surface area contributed by atoms with Crippen molar-refractivity contribution in [2.75, 3.05) is 24.5 Å². The summed E-state index contributed by atoms with van der Waals surface area (Å²) in [6.45, 7) is 2.63. The van der Waals surface area contributed by atoms with E-state index in [1.54, 1.807) is 17.5 Å². The van der Waals surface area contributed by atoms with Crippen molar-refractivity contribution in [1.29, 1.82) is 0 Å². The van der Waals surface area contributed by atoms with Gasteiger partial charge in [-0.15, -0.1) is 5.10 Å². The molecule has 7 nitrogen and oxygen atoms in total. The molecular weight excluding hydrogens is 417 g/mol. The van der Waals surface area contributed by atoms with Gasteiger partial charge in [-0.25, -0.2) is 14.2 Å². The number of ether oxygens (including phenoxy) is 1. The highest BCUT2D eigenvalue weighted by Crippen LogP contribution is 2.26. The zero-order valence-corrected chi connectivity index (χ0v) is 17.9. The summed E-state index contributed by atoms with van der Waals surface area (Å²) in [7, 11) is 0. The van der Waals surface area contributed by atoms with Gasteiger partial charge in [-0.2, -0.15) is 0 Å². The van der Waals surface area contributed by atoms with Gasteiger partial charge in [-0.1, -0.05) is 16.6 Å². The SMILES string of the molecule is O=C(NCCC1CCN(c2ccc(-c3ccc(F)cc3)cn2)CC1)OCc1csnn1. The Kier molecular flexibility index (Phi) is 7.03. The van der Waals surface area contributed by atoms with Crippen LogP contribution in [0.25, 0.3) is 11.1 Å². The predicted octanol–water partition coefficient (Wildman–Crippen LogP) is 4.27. The second-order valence-corrected chi connectivity index (χ2v) is 8.14. The van der Waals surface area contributed by atoms with Crippen LogP contribution in [-0.2, 0) is 11.3 Å². The van der Waals surface area contributed by atoms with E-state index in [1.807, 2.05) is 18.3 Å². The highest BCUT2D eigenvalue weighted by Gasteiger charge is 2.20. The van der Waals surface area contributed by atoms with Gasteiger partial charge < -0.3 is 15.0 Å². The minimum atomic E-state index is -0.420. The molecule has 3 heterocycles. The number of rotatable bonds is 7. The first-order valence-corrected chi connectivity index (χ1v) is 11.1. The first-order chi connectivity index (χ1) is 15.2. The van der Waals surface area contributed by atoms with Gasteiger partial charge in [0.1, 0.15) is 23.9 Å². The largest absolute Gasteiger partial charge is 0.443 e. The lowest BCUT2D eigenvalue weighted by atomic mass is 9.93. The van der Waals surface area contributed by atoms with E-state index in [2.05, 4.69) is 24.8 Å². The molecule has 1 saturated heterocycles. The molecule has 1 aromatic carbocycles. The number of carbonyl (C=O) groups is 1. The standard InChI is InChI=1S/C22H24FN5O2S/c23-19-4-1-17(2-5-19)18-3-6-21(25-13-18)28-11-8-16(9-12-28)7-10-24-22(29)30-14-20-15-31-27-26-20/h1-6,13,15-16H,7-12,14H2,(H,24,29). The number of pyridine rings is 1. The zero-order chi connectivity index (χ0) is 21.5. The third kappa shape index (κ3) is 5.97. The number of halogens is 1. The van der Waals surface area contributed by atoms with Crippen molar-refractivity contribution in [3.8, 4) is 11.1 Å². The number of aromatic nitrogens is 3. The molecule has 31 heavy (non-hydrogen) atoms. The predicted molar refractivity (Wildman–Crippen MR) is 117 cm³/mol. The van der Waals surface area contributed by atoms with Crippen molar-refractivity contribution in [2.45, 2.75) is 25.9 Å². The fraction of sp³-hybridized carbons (Fsp3) is 0.364. The molecule has 0 radical (unpaired) electrons. The van der Waals surface area contributed by atoms with Gasteiger partial charge in [0.15, 0.2) is 0 Å². The number of alkyl carbamates (subject to hydrolysis) is 1. The molecule has 1 fully saturated rings. The van der Waals surface area contributed by atoms with Crippen LogP contribution in [0.2, 0.25) is 0 Å². The smallest absolute Gasteiger partial charge is 0.407 e. The first-order valence-electron chi connectivity index (χ1n) is 10.3. The molecule has 0 unspecified atom stereocenters. The number of hydrogen-bond acceptors (Lipinski definition) is 7. The van der Waals surface area contributed by atoms with Crippen molar-refractivity contribution >= 4 is 23.4 Å². The maximum atomic E-state index is 13.1. The van der Waals surface area contributed by atoms with E-state index >= 15 is 0 Å². The van der Waals surface area contributed by atoms with E-state index in [0.29, 0.717) is 18.2 Å². The lowest BCUT2D eigenvalue weighted by Gasteiger charge is -2.32. The maximum absolute atomic E-state index is 13.1. The van der Waals surface area contributed by atoms with Crippen molar-refractivity contribution in [3.63, 3.8) is 0 Å². The Hall–Kier alpha value is -3.07. The van der Waals surface area contributed by atoms with Gasteiger partial charge in [0.25, 0.3) is 0 Å². The number of amides is 1. The summed E-state index contributed by atoms with van der Waals surface area (Å²) in [5.41, 5.74) is 2.59. The summed E-state index contributed by atoms with van der Waals surface area (Å²) in [5.74, 6) is 1.29. The van der Waals surface area contributed by atoms with Crippen LogP contribution in [0.4, 0.5) is 15.0 Å². The van der Waals surface area contributed by atoms with E-state index in [9.17, 15) is 9.18 Å². The van der Waals surface area contributed by atoms with Crippen molar-refractivity contribution in [1.82, 2.24) is 19.9 Å². The molecule has 1 aliphatic heterocycles. The number of hydrogen-bond donors (Lipinski definition) is 1. The van der Waals surface area contributed by atoms with Crippen LogP contribution in [0.5, 0.6) is 0 Å². The molecule has 1 amide bonds. The second-order valence-electron chi connectivity index (χ2n) is 7.53. The normalized spacial score (nSPS) is 14.4. The number of piperidine rings is 1.